The van der Waals surface area contributed by atoms with Gasteiger partial charge in [-0.15, -0.1) is 0 Å². The molecule has 1 heterocycles. The van der Waals surface area contributed by atoms with Gasteiger partial charge >= 0.3 is 0 Å². The van der Waals surface area contributed by atoms with E-state index in [1.165, 1.54) is 16.4 Å². The lowest BCUT2D eigenvalue weighted by atomic mass is 10.2. The minimum atomic E-state index is -0.00536. The highest BCUT2D eigenvalue weighted by atomic mass is 127. The van der Waals surface area contributed by atoms with Gasteiger partial charge in [-0.25, -0.2) is 0 Å². The van der Waals surface area contributed by atoms with Crippen LogP contribution < -0.4 is 5.56 Å². The molecule has 3 nitrogen and oxygen atoms in total. The Labute approximate surface area is 122 Å². The number of allylic oxidation sites excluding steroid dienone is 1. The second-order valence-corrected chi connectivity index (χ2v) is 5.45. The molecule has 0 aromatic carbocycles. The van der Waals surface area contributed by atoms with Gasteiger partial charge in [0.15, 0.2) is 0 Å². The maximum absolute atomic E-state index is 11.8. The Balaban J connectivity index is 2.97. The number of hydrogen-bond donors (Lipinski definition) is 0. The highest BCUT2D eigenvalue weighted by Crippen LogP contribution is 2.23. The second-order valence-electron chi connectivity index (χ2n) is 4.15. The van der Waals surface area contributed by atoms with Crippen LogP contribution >= 0.6 is 22.6 Å². The van der Waals surface area contributed by atoms with Crippen LogP contribution in [0.1, 0.15) is 32.6 Å². The fourth-order valence-corrected chi connectivity index (χ4v) is 2.54. The van der Waals surface area contributed by atoms with Gasteiger partial charge in [0, 0.05) is 23.0 Å². The van der Waals surface area contributed by atoms with Crippen molar-refractivity contribution in [2.24, 2.45) is 0 Å². The Hall–Kier alpha value is -0.620. The molecule has 0 aliphatic rings. The average molecular weight is 361 g/mol. The van der Waals surface area contributed by atoms with E-state index in [1.807, 2.05) is 6.07 Å². The molecule has 0 bridgehead atoms. The number of methoxy groups -OCH3 is 1. The molecule has 0 unspecified atom stereocenters. The summed E-state index contributed by atoms with van der Waals surface area (Å²) in [6.07, 6.45) is 6.39. The van der Waals surface area contributed by atoms with Crippen LogP contribution in [0.5, 0.6) is 0 Å². The zero-order chi connectivity index (χ0) is 13.4. The van der Waals surface area contributed by atoms with Crippen molar-refractivity contribution >= 4 is 28.3 Å². The second kappa shape index (κ2) is 8.48. The van der Waals surface area contributed by atoms with Crippen LogP contribution in [0.25, 0.3) is 5.70 Å². The van der Waals surface area contributed by atoms with Crippen molar-refractivity contribution in [1.29, 1.82) is 0 Å². The summed E-state index contributed by atoms with van der Waals surface area (Å²) >= 11 is 2.33. The standard InChI is InChI=1S/C14H20INO2/c1-3-4-5-8-12(15)13(11-18-2)16-10-7-6-9-14(16)17/h6-7,9-10H,3-5,8,11H2,1-2H3/b13-12-. The molecular formula is C14H20INO2. The first-order chi connectivity index (χ1) is 8.70. The van der Waals surface area contributed by atoms with Gasteiger partial charge in [0.2, 0.25) is 0 Å². The van der Waals surface area contributed by atoms with Gasteiger partial charge in [0.05, 0.1) is 12.3 Å². The molecule has 0 amide bonds. The van der Waals surface area contributed by atoms with Crippen LogP contribution in [-0.2, 0) is 4.74 Å². The molecule has 0 N–H and O–H groups in total. The lowest BCUT2D eigenvalue weighted by Crippen LogP contribution is -2.20. The van der Waals surface area contributed by atoms with E-state index in [4.69, 9.17) is 4.74 Å². The van der Waals surface area contributed by atoms with Crippen molar-refractivity contribution in [2.45, 2.75) is 32.6 Å². The van der Waals surface area contributed by atoms with E-state index < -0.39 is 0 Å². The number of unbranched alkanes of at least 4 members (excludes halogenated alkanes) is 2. The highest BCUT2D eigenvalue weighted by molar-refractivity contribution is 14.1. The molecular weight excluding hydrogens is 341 g/mol. The molecule has 1 aromatic heterocycles. The van der Waals surface area contributed by atoms with E-state index >= 15 is 0 Å². The van der Waals surface area contributed by atoms with Crippen molar-refractivity contribution < 1.29 is 4.74 Å². The summed E-state index contributed by atoms with van der Waals surface area (Å²) in [7, 11) is 1.66. The fourth-order valence-electron chi connectivity index (χ4n) is 1.74. The van der Waals surface area contributed by atoms with Crippen LogP contribution in [0, 0.1) is 0 Å². The summed E-state index contributed by atoms with van der Waals surface area (Å²) in [5.41, 5.74) is 0.953. The van der Waals surface area contributed by atoms with Crippen molar-refractivity contribution in [3.8, 4) is 0 Å². The number of nitrogens with zero attached hydrogens (tertiary/aromatic N) is 1. The summed E-state index contributed by atoms with van der Waals surface area (Å²) < 4.78 is 8.10. The van der Waals surface area contributed by atoms with Gasteiger partial charge in [0.25, 0.3) is 5.56 Å². The van der Waals surface area contributed by atoms with Gasteiger partial charge in [-0.1, -0.05) is 25.8 Å². The number of ether oxygens (including phenoxy) is 1. The third-order valence-electron chi connectivity index (χ3n) is 2.71. The Morgan fingerprint density at radius 1 is 1.39 bits per heavy atom. The van der Waals surface area contributed by atoms with Gasteiger partial charge in [0.1, 0.15) is 0 Å². The molecule has 0 saturated heterocycles. The molecule has 0 atom stereocenters. The van der Waals surface area contributed by atoms with Crippen LogP contribution in [0.15, 0.2) is 32.8 Å². The molecule has 0 aliphatic carbocycles. The lowest BCUT2D eigenvalue weighted by molar-refractivity contribution is 0.235. The normalized spacial score (nSPS) is 12.4. The van der Waals surface area contributed by atoms with Crippen LogP contribution in [0.3, 0.4) is 0 Å². The van der Waals surface area contributed by atoms with Gasteiger partial charge in [-0.3, -0.25) is 9.36 Å². The molecule has 0 radical (unpaired) electrons. The number of halogens is 1. The van der Waals surface area contributed by atoms with Crippen LogP contribution in [-0.4, -0.2) is 18.3 Å². The van der Waals surface area contributed by atoms with E-state index in [9.17, 15) is 4.79 Å². The quantitative estimate of drug-likeness (QED) is 0.548. The summed E-state index contributed by atoms with van der Waals surface area (Å²) in [6, 6.07) is 5.20. The van der Waals surface area contributed by atoms with Crippen LogP contribution in [0.4, 0.5) is 0 Å². The molecule has 1 aromatic rings. The van der Waals surface area contributed by atoms with E-state index in [0.717, 1.165) is 18.5 Å². The Kier molecular flexibility index (Phi) is 7.27. The SMILES string of the molecule is CCCCC/C(I)=C(\COC)n1ccccc1=O. The molecule has 18 heavy (non-hydrogen) atoms. The third kappa shape index (κ3) is 4.57. The Morgan fingerprint density at radius 3 is 2.78 bits per heavy atom. The van der Waals surface area contributed by atoms with Crippen molar-refractivity contribution in [1.82, 2.24) is 4.57 Å². The van der Waals surface area contributed by atoms with Gasteiger partial charge in [-0.2, -0.15) is 0 Å². The molecule has 4 heteroatoms. The summed E-state index contributed by atoms with van der Waals surface area (Å²) in [5, 5.41) is 0. The molecule has 0 aliphatic heterocycles. The topological polar surface area (TPSA) is 31.2 Å². The number of pyridine rings is 1. The van der Waals surface area contributed by atoms with E-state index in [2.05, 4.69) is 29.5 Å². The molecule has 1 rings (SSSR count). The first kappa shape index (κ1) is 15.4. The third-order valence-corrected chi connectivity index (χ3v) is 3.87. The van der Waals surface area contributed by atoms with E-state index in [0.29, 0.717) is 6.61 Å². The summed E-state index contributed by atoms with van der Waals surface area (Å²) in [5.74, 6) is 0. The average Bonchev–Trinajstić information content (AvgIpc) is 2.37. The number of rotatable bonds is 7. The smallest absolute Gasteiger partial charge is 0.254 e. The highest BCUT2D eigenvalue weighted by Gasteiger charge is 2.07. The first-order valence-electron chi connectivity index (χ1n) is 6.25. The maximum atomic E-state index is 11.8. The fraction of sp³-hybridized carbons (Fsp3) is 0.500. The Morgan fingerprint density at radius 2 is 2.17 bits per heavy atom. The van der Waals surface area contributed by atoms with Gasteiger partial charge in [-0.05, 0) is 41.5 Å². The van der Waals surface area contributed by atoms with E-state index in [1.54, 1.807) is 30.0 Å². The zero-order valence-electron chi connectivity index (χ0n) is 11.0. The predicted octanol–water partition coefficient (Wildman–Crippen LogP) is 3.68. The Bertz CT molecular complexity index is 451. The summed E-state index contributed by atoms with van der Waals surface area (Å²) in [6.45, 7) is 2.66. The van der Waals surface area contributed by atoms with Crippen LogP contribution in [0.2, 0.25) is 0 Å². The van der Waals surface area contributed by atoms with Gasteiger partial charge < -0.3 is 4.74 Å². The largest absolute Gasteiger partial charge is 0.378 e. The first-order valence-corrected chi connectivity index (χ1v) is 7.33. The molecule has 100 valence electrons. The minimum absolute atomic E-state index is 0.00536. The molecule has 0 saturated carbocycles. The number of aromatic nitrogens is 1. The minimum Gasteiger partial charge on any atom is -0.378 e. The molecule has 0 fully saturated rings. The zero-order valence-corrected chi connectivity index (χ0v) is 13.1. The van der Waals surface area contributed by atoms with Crippen molar-refractivity contribution in [2.75, 3.05) is 13.7 Å². The monoisotopic (exact) mass is 361 g/mol. The maximum Gasteiger partial charge on any atom is 0.254 e. The number of hydrogen-bond acceptors (Lipinski definition) is 2. The summed E-state index contributed by atoms with van der Waals surface area (Å²) in [4.78, 5) is 11.8. The molecule has 0 spiro atoms. The van der Waals surface area contributed by atoms with E-state index in [-0.39, 0.29) is 5.56 Å². The van der Waals surface area contributed by atoms with Crippen molar-refractivity contribution in [3.05, 3.63) is 38.3 Å². The lowest BCUT2D eigenvalue weighted by Gasteiger charge is -2.13. The van der Waals surface area contributed by atoms with Crippen molar-refractivity contribution in [3.63, 3.8) is 0 Å². The predicted molar refractivity (Wildman–Crippen MR) is 84.0 cm³/mol.